The second-order valence-electron chi connectivity index (χ2n) is 6.24. The Morgan fingerprint density at radius 3 is 2.48 bits per heavy atom. The molecule has 0 spiro atoms. The first-order valence-corrected chi connectivity index (χ1v) is 9.00. The van der Waals surface area contributed by atoms with Crippen molar-refractivity contribution in [3.63, 3.8) is 0 Å². The number of hydrogen-bond donors (Lipinski definition) is 0. The van der Waals surface area contributed by atoms with E-state index in [0.717, 1.165) is 53.3 Å². The van der Waals surface area contributed by atoms with Gasteiger partial charge in [0, 0.05) is 37.3 Å². The number of piperazine rings is 1. The van der Waals surface area contributed by atoms with Crippen molar-refractivity contribution in [1.29, 1.82) is 0 Å². The molecule has 6 nitrogen and oxygen atoms in total. The third-order valence-electron chi connectivity index (χ3n) is 4.54. The number of hydrogen-bond acceptors (Lipinski definition) is 4. The van der Waals surface area contributed by atoms with Crippen LogP contribution in [0.5, 0.6) is 0 Å². The molecule has 128 valence electrons. The summed E-state index contributed by atoms with van der Waals surface area (Å²) in [6, 6.07) is 11.5. The molecule has 1 aliphatic heterocycles. The minimum atomic E-state index is 0.0976. The zero-order valence-corrected chi connectivity index (χ0v) is 15.5. The predicted molar refractivity (Wildman–Crippen MR) is 99.5 cm³/mol. The first-order valence-electron chi connectivity index (χ1n) is 8.20. The van der Waals surface area contributed by atoms with Crippen LogP contribution in [0.25, 0.3) is 16.9 Å². The molecule has 4 rings (SSSR count). The first-order chi connectivity index (χ1) is 12.1. The third kappa shape index (κ3) is 3.17. The highest BCUT2D eigenvalue weighted by Crippen LogP contribution is 2.20. The van der Waals surface area contributed by atoms with E-state index in [-0.39, 0.29) is 5.91 Å². The smallest absolute Gasteiger partial charge is 0.253 e. The van der Waals surface area contributed by atoms with Gasteiger partial charge < -0.3 is 9.80 Å². The molecular formula is C18H18BrN5O. The number of amides is 1. The van der Waals surface area contributed by atoms with Crippen LogP contribution in [0.1, 0.15) is 10.4 Å². The van der Waals surface area contributed by atoms with Crippen molar-refractivity contribution in [2.24, 2.45) is 0 Å². The largest absolute Gasteiger partial charge is 0.336 e. The Kier molecular flexibility index (Phi) is 4.27. The van der Waals surface area contributed by atoms with E-state index in [0.29, 0.717) is 0 Å². The summed E-state index contributed by atoms with van der Waals surface area (Å²) >= 11 is 3.44. The van der Waals surface area contributed by atoms with Crippen LogP contribution in [0.15, 0.2) is 47.2 Å². The molecule has 7 heteroatoms. The number of carbonyl (C=O) groups excluding carboxylic acids is 1. The van der Waals surface area contributed by atoms with Gasteiger partial charge in [0.2, 0.25) is 0 Å². The fourth-order valence-corrected chi connectivity index (χ4v) is 3.34. The molecule has 2 aromatic heterocycles. The topological polar surface area (TPSA) is 53.7 Å². The zero-order valence-electron chi connectivity index (χ0n) is 13.9. The van der Waals surface area contributed by atoms with E-state index in [2.05, 4.69) is 38.0 Å². The molecule has 25 heavy (non-hydrogen) atoms. The summed E-state index contributed by atoms with van der Waals surface area (Å²) in [6.45, 7) is 3.41. The van der Waals surface area contributed by atoms with Gasteiger partial charge in [0.05, 0.1) is 11.9 Å². The summed E-state index contributed by atoms with van der Waals surface area (Å²) in [6.07, 6.45) is 1.73. The van der Waals surface area contributed by atoms with Gasteiger partial charge in [-0.1, -0.05) is 12.1 Å². The molecule has 1 amide bonds. The molecule has 0 saturated carbocycles. The van der Waals surface area contributed by atoms with Crippen LogP contribution in [-0.4, -0.2) is 63.5 Å². The summed E-state index contributed by atoms with van der Waals surface area (Å²) in [5.41, 5.74) is 3.32. The van der Waals surface area contributed by atoms with Crippen LogP contribution < -0.4 is 0 Å². The van der Waals surface area contributed by atoms with E-state index in [1.807, 2.05) is 41.3 Å². The Morgan fingerprint density at radius 1 is 1.04 bits per heavy atom. The molecule has 0 radical (unpaired) electrons. The lowest BCUT2D eigenvalue weighted by Crippen LogP contribution is -2.47. The minimum absolute atomic E-state index is 0.0976. The highest BCUT2D eigenvalue weighted by atomic mass is 79.9. The Hall–Kier alpha value is -2.25. The van der Waals surface area contributed by atoms with E-state index < -0.39 is 0 Å². The fourth-order valence-electron chi connectivity index (χ4n) is 2.98. The number of benzene rings is 1. The molecular weight excluding hydrogens is 382 g/mol. The maximum Gasteiger partial charge on any atom is 0.253 e. The van der Waals surface area contributed by atoms with Crippen LogP contribution in [0, 0.1) is 0 Å². The maximum absolute atomic E-state index is 12.6. The highest BCUT2D eigenvalue weighted by molar-refractivity contribution is 9.10. The van der Waals surface area contributed by atoms with Gasteiger partial charge in [0.1, 0.15) is 4.60 Å². The molecule has 1 aliphatic rings. The van der Waals surface area contributed by atoms with E-state index in [1.54, 1.807) is 10.7 Å². The second kappa shape index (κ2) is 6.57. The van der Waals surface area contributed by atoms with Crippen molar-refractivity contribution in [3.05, 3.63) is 52.8 Å². The lowest BCUT2D eigenvalue weighted by molar-refractivity contribution is 0.0664. The van der Waals surface area contributed by atoms with Crippen LogP contribution in [0.3, 0.4) is 0 Å². The van der Waals surface area contributed by atoms with Crippen molar-refractivity contribution in [3.8, 4) is 11.3 Å². The second-order valence-corrected chi connectivity index (χ2v) is 7.05. The number of rotatable bonds is 2. The fraction of sp³-hybridized carbons (Fsp3) is 0.278. The molecule has 0 N–H and O–H groups in total. The average molecular weight is 400 g/mol. The number of nitrogens with zero attached hydrogens (tertiary/aromatic N) is 5. The van der Waals surface area contributed by atoms with Gasteiger partial charge in [-0.05, 0) is 47.2 Å². The summed E-state index contributed by atoms with van der Waals surface area (Å²) < 4.78 is 2.56. The summed E-state index contributed by atoms with van der Waals surface area (Å²) in [7, 11) is 2.08. The quantitative estimate of drug-likeness (QED) is 0.664. The molecule has 1 fully saturated rings. The minimum Gasteiger partial charge on any atom is -0.336 e. The molecule has 1 aromatic carbocycles. The van der Waals surface area contributed by atoms with Crippen LogP contribution >= 0.6 is 15.9 Å². The molecule has 0 bridgehead atoms. The standard InChI is InChI=1S/C18H18BrN5O/c1-22-8-10-23(11-9-22)18(25)14-4-2-13(3-5-14)15-6-7-17-20-12-16(19)24(17)21-15/h2-7,12H,8-11H2,1H3. The Morgan fingerprint density at radius 2 is 1.76 bits per heavy atom. The first kappa shape index (κ1) is 16.2. The van der Waals surface area contributed by atoms with Crippen LogP contribution in [0.4, 0.5) is 0 Å². The van der Waals surface area contributed by atoms with E-state index in [1.165, 1.54) is 0 Å². The highest BCUT2D eigenvalue weighted by Gasteiger charge is 2.20. The Labute approximate surface area is 154 Å². The molecule has 0 atom stereocenters. The average Bonchev–Trinajstić information content (AvgIpc) is 3.02. The zero-order chi connectivity index (χ0) is 17.4. The van der Waals surface area contributed by atoms with Gasteiger partial charge >= 0.3 is 0 Å². The Bertz CT molecular complexity index is 913. The van der Waals surface area contributed by atoms with Crippen molar-refractivity contribution < 1.29 is 4.79 Å². The number of carbonyl (C=O) groups is 1. The van der Waals surface area contributed by atoms with E-state index in [9.17, 15) is 4.79 Å². The normalized spacial score (nSPS) is 15.7. The molecule has 3 heterocycles. The van der Waals surface area contributed by atoms with Crippen molar-refractivity contribution in [2.45, 2.75) is 0 Å². The maximum atomic E-state index is 12.6. The van der Waals surface area contributed by atoms with Crippen molar-refractivity contribution in [2.75, 3.05) is 33.2 Å². The summed E-state index contributed by atoms with van der Waals surface area (Å²) in [5.74, 6) is 0.0976. The number of imidazole rings is 1. The van der Waals surface area contributed by atoms with Gasteiger partial charge in [-0.25, -0.2) is 9.50 Å². The lowest BCUT2D eigenvalue weighted by atomic mass is 10.1. The predicted octanol–water partition coefficient (Wildman–Crippen LogP) is 2.55. The summed E-state index contributed by atoms with van der Waals surface area (Å²) in [5, 5.41) is 4.58. The van der Waals surface area contributed by atoms with Crippen molar-refractivity contribution >= 4 is 27.5 Å². The van der Waals surface area contributed by atoms with Crippen LogP contribution in [-0.2, 0) is 0 Å². The van der Waals surface area contributed by atoms with Gasteiger partial charge in [0.15, 0.2) is 5.65 Å². The number of aromatic nitrogens is 3. The van der Waals surface area contributed by atoms with Gasteiger partial charge in [-0.3, -0.25) is 4.79 Å². The molecule has 0 unspecified atom stereocenters. The van der Waals surface area contributed by atoms with Gasteiger partial charge in [-0.2, -0.15) is 5.10 Å². The lowest BCUT2D eigenvalue weighted by Gasteiger charge is -2.32. The van der Waals surface area contributed by atoms with E-state index >= 15 is 0 Å². The van der Waals surface area contributed by atoms with Crippen LogP contribution in [0.2, 0.25) is 0 Å². The van der Waals surface area contributed by atoms with Crippen molar-refractivity contribution in [1.82, 2.24) is 24.4 Å². The van der Waals surface area contributed by atoms with Gasteiger partial charge in [-0.15, -0.1) is 0 Å². The molecule has 0 aliphatic carbocycles. The van der Waals surface area contributed by atoms with Gasteiger partial charge in [0.25, 0.3) is 5.91 Å². The molecule has 1 saturated heterocycles. The summed E-state index contributed by atoms with van der Waals surface area (Å²) in [4.78, 5) is 21.0. The Balaban J connectivity index is 1.56. The number of fused-ring (bicyclic) bond motifs is 1. The van der Waals surface area contributed by atoms with E-state index in [4.69, 9.17) is 0 Å². The molecule has 3 aromatic rings. The SMILES string of the molecule is CN1CCN(C(=O)c2ccc(-c3ccc4ncc(Br)n4n3)cc2)CC1. The monoisotopic (exact) mass is 399 g/mol. The number of likely N-dealkylation sites (N-methyl/N-ethyl adjacent to an activating group) is 1. The number of halogens is 1. The third-order valence-corrected chi connectivity index (χ3v) is 5.08.